The van der Waals surface area contributed by atoms with Crippen molar-refractivity contribution in [3.63, 3.8) is 0 Å². The van der Waals surface area contributed by atoms with E-state index in [1.54, 1.807) is 0 Å². The van der Waals surface area contributed by atoms with Gasteiger partial charge >= 0.3 is 0 Å². The molecule has 1 atom stereocenters. The molecule has 2 aromatic rings. The lowest BCUT2D eigenvalue weighted by Gasteiger charge is -2.14. The van der Waals surface area contributed by atoms with Crippen molar-refractivity contribution in [2.75, 3.05) is 0 Å². The number of pyridine rings is 1. The van der Waals surface area contributed by atoms with Crippen molar-refractivity contribution in [2.24, 2.45) is 0 Å². The first-order chi connectivity index (χ1) is 10.6. The molecule has 0 aliphatic rings. The van der Waals surface area contributed by atoms with Crippen LogP contribution >= 0.6 is 0 Å². The molecule has 2 N–H and O–H groups in total. The Labute approximate surface area is 132 Å². The zero-order valence-corrected chi connectivity index (χ0v) is 13.6. The fourth-order valence-electron chi connectivity index (χ4n) is 2.11. The zero-order valence-electron chi connectivity index (χ0n) is 13.6. The maximum atomic E-state index is 4.66. The Morgan fingerprint density at radius 1 is 0.955 bits per heavy atom. The van der Waals surface area contributed by atoms with E-state index in [1.807, 2.05) is 36.8 Å². The van der Waals surface area contributed by atoms with Gasteiger partial charge in [0.05, 0.1) is 17.1 Å². The van der Waals surface area contributed by atoms with Gasteiger partial charge in [0, 0.05) is 50.2 Å². The van der Waals surface area contributed by atoms with Gasteiger partial charge in [-0.2, -0.15) is 0 Å². The highest BCUT2D eigenvalue weighted by atomic mass is 14.9. The number of hydrogen-bond donors (Lipinski definition) is 2. The maximum absolute atomic E-state index is 4.66. The van der Waals surface area contributed by atoms with Gasteiger partial charge in [-0.3, -0.25) is 15.0 Å². The van der Waals surface area contributed by atoms with Crippen LogP contribution in [-0.2, 0) is 19.5 Å². The van der Waals surface area contributed by atoms with Gasteiger partial charge in [0.1, 0.15) is 0 Å². The molecule has 0 saturated heterocycles. The molecule has 0 saturated carbocycles. The molecule has 0 bridgehead atoms. The molecule has 1 unspecified atom stereocenters. The molecule has 22 heavy (non-hydrogen) atoms. The Bertz CT molecular complexity index is 556. The Morgan fingerprint density at radius 2 is 1.73 bits per heavy atom. The van der Waals surface area contributed by atoms with Crippen molar-refractivity contribution in [2.45, 2.75) is 52.4 Å². The van der Waals surface area contributed by atoms with E-state index in [-0.39, 0.29) is 0 Å². The van der Waals surface area contributed by atoms with Crippen LogP contribution in [0.5, 0.6) is 0 Å². The molecule has 2 aromatic heterocycles. The number of nitrogens with one attached hydrogen (secondary N) is 2. The van der Waals surface area contributed by atoms with E-state index in [2.05, 4.69) is 46.4 Å². The molecule has 118 valence electrons. The average molecular weight is 299 g/mol. The lowest BCUT2D eigenvalue weighted by molar-refractivity contribution is 0.530. The standard InChI is InChI=1S/C17H25N5/c1-13(2)20-12-17-10-18-9-16(22-17)8-14(3)21-11-15-6-4-5-7-19-15/h4-7,9-10,13-14,20-21H,8,11-12H2,1-3H3. The molecule has 0 fully saturated rings. The fraction of sp³-hybridized carbons (Fsp3) is 0.471. The van der Waals surface area contributed by atoms with Gasteiger partial charge < -0.3 is 10.6 Å². The molecule has 0 aliphatic heterocycles. The van der Waals surface area contributed by atoms with E-state index in [9.17, 15) is 0 Å². The summed E-state index contributed by atoms with van der Waals surface area (Å²) in [6, 6.07) is 6.73. The Kier molecular flexibility index (Phi) is 6.43. The highest BCUT2D eigenvalue weighted by Gasteiger charge is 2.06. The highest BCUT2D eigenvalue weighted by Crippen LogP contribution is 2.02. The van der Waals surface area contributed by atoms with Crippen LogP contribution in [0, 0.1) is 0 Å². The minimum Gasteiger partial charge on any atom is -0.309 e. The first-order valence-corrected chi connectivity index (χ1v) is 7.80. The summed E-state index contributed by atoms with van der Waals surface area (Å²) >= 11 is 0. The van der Waals surface area contributed by atoms with Gasteiger partial charge in [-0.05, 0) is 19.1 Å². The topological polar surface area (TPSA) is 62.7 Å². The van der Waals surface area contributed by atoms with Gasteiger partial charge in [-0.15, -0.1) is 0 Å². The van der Waals surface area contributed by atoms with Crippen LogP contribution in [0.1, 0.15) is 37.9 Å². The Balaban J connectivity index is 1.83. The van der Waals surface area contributed by atoms with Gasteiger partial charge in [-0.1, -0.05) is 19.9 Å². The van der Waals surface area contributed by atoms with E-state index < -0.39 is 0 Å². The van der Waals surface area contributed by atoms with Crippen LogP contribution in [0.2, 0.25) is 0 Å². The molecule has 0 aromatic carbocycles. The summed E-state index contributed by atoms with van der Waals surface area (Å²) in [5.74, 6) is 0. The van der Waals surface area contributed by atoms with Crippen LogP contribution in [0.3, 0.4) is 0 Å². The normalized spacial score (nSPS) is 12.5. The Morgan fingerprint density at radius 3 is 2.45 bits per heavy atom. The Hall–Kier alpha value is -1.85. The third-order valence-electron chi connectivity index (χ3n) is 3.30. The number of aromatic nitrogens is 3. The zero-order chi connectivity index (χ0) is 15.8. The van der Waals surface area contributed by atoms with E-state index in [1.165, 1.54) is 0 Å². The third kappa shape index (κ3) is 5.87. The van der Waals surface area contributed by atoms with Gasteiger partial charge in [-0.25, -0.2) is 0 Å². The average Bonchev–Trinajstić information content (AvgIpc) is 2.52. The second-order valence-corrected chi connectivity index (χ2v) is 5.84. The van der Waals surface area contributed by atoms with E-state index in [0.29, 0.717) is 12.1 Å². The summed E-state index contributed by atoms with van der Waals surface area (Å²) in [6.45, 7) is 7.93. The third-order valence-corrected chi connectivity index (χ3v) is 3.30. The van der Waals surface area contributed by atoms with Crippen molar-refractivity contribution < 1.29 is 0 Å². The lowest BCUT2D eigenvalue weighted by atomic mass is 10.2. The summed E-state index contributed by atoms with van der Waals surface area (Å²) in [7, 11) is 0. The predicted molar refractivity (Wildman–Crippen MR) is 88.3 cm³/mol. The quantitative estimate of drug-likeness (QED) is 0.781. The number of nitrogens with zero attached hydrogens (tertiary/aromatic N) is 3. The summed E-state index contributed by atoms with van der Waals surface area (Å²) < 4.78 is 0. The van der Waals surface area contributed by atoms with Gasteiger partial charge in [0.15, 0.2) is 0 Å². The maximum Gasteiger partial charge on any atom is 0.0727 e. The molecule has 0 spiro atoms. The first kappa shape index (κ1) is 16.5. The molecule has 0 radical (unpaired) electrons. The molecule has 2 rings (SSSR count). The number of hydrogen-bond acceptors (Lipinski definition) is 5. The predicted octanol–water partition coefficient (Wildman–Crippen LogP) is 2.09. The van der Waals surface area contributed by atoms with Gasteiger partial charge in [0.25, 0.3) is 0 Å². The summed E-state index contributed by atoms with van der Waals surface area (Å²) in [5.41, 5.74) is 3.06. The van der Waals surface area contributed by atoms with Crippen molar-refractivity contribution >= 4 is 0 Å². The SMILES string of the molecule is CC(C)NCc1cncc(CC(C)NCc2ccccn2)n1. The van der Waals surface area contributed by atoms with Crippen molar-refractivity contribution in [3.8, 4) is 0 Å². The van der Waals surface area contributed by atoms with Crippen LogP contribution in [0.25, 0.3) is 0 Å². The van der Waals surface area contributed by atoms with Crippen LogP contribution in [0.4, 0.5) is 0 Å². The van der Waals surface area contributed by atoms with Crippen LogP contribution < -0.4 is 10.6 Å². The van der Waals surface area contributed by atoms with E-state index in [0.717, 1.165) is 36.6 Å². The van der Waals surface area contributed by atoms with Crippen molar-refractivity contribution in [3.05, 3.63) is 53.9 Å². The number of rotatable bonds is 8. The minimum absolute atomic E-state index is 0.324. The van der Waals surface area contributed by atoms with E-state index in [4.69, 9.17) is 0 Å². The molecular formula is C17H25N5. The van der Waals surface area contributed by atoms with Crippen molar-refractivity contribution in [1.29, 1.82) is 0 Å². The fourth-order valence-corrected chi connectivity index (χ4v) is 2.11. The van der Waals surface area contributed by atoms with Crippen LogP contribution in [0.15, 0.2) is 36.8 Å². The molecule has 5 heteroatoms. The molecule has 5 nitrogen and oxygen atoms in total. The second-order valence-electron chi connectivity index (χ2n) is 5.84. The minimum atomic E-state index is 0.324. The summed E-state index contributed by atoms with van der Waals surface area (Å²) in [5, 5.41) is 6.83. The second kappa shape index (κ2) is 8.56. The largest absolute Gasteiger partial charge is 0.309 e. The summed E-state index contributed by atoms with van der Waals surface area (Å²) in [4.78, 5) is 13.3. The molecule has 2 heterocycles. The first-order valence-electron chi connectivity index (χ1n) is 7.80. The molecule has 0 aliphatic carbocycles. The van der Waals surface area contributed by atoms with Crippen molar-refractivity contribution in [1.82, 2.24) is 25.6 Å². The monoisotopic (exact) mass is 299 g/mol. The summed E-state index contributed by atoms with van der Waals surface area (Å²) in [6.07, 6.45) is 6.34. The molecular weight excluding hydrogens is 274 g/mol. The lowest BCUT2D eigenvalue weighted by Crippen LogP contribution is -2.28. The molecule has 0 amide bonds. The smallest absolute Gasteiger partial charge is 0.0727 e. The van der Waals surface area contributed by atoms with Crippen LogP contribution in [-0.4, -0.2) is 27.0 Å². The van der Waals surface area contributed by atoms with E-state index >= 15 is 0 Å². The highest BCUT2D eigenvalue weighted by molar-refractivity contribution is 5.06. The van der Waals surface area contributed by atoms with Gasteiger partial charge in [0.2, 0.25) is 0 Å².